The molecule has 0 saturated heterocycles. The van der Waals surface area contributed by atoms with Gasteiger partial charge in [-0.1, -0.05) is 26.0 Å². The Morgan fingerprint density at radius 1 is 1.13 bits per heavy atom. The van der Waals surface area contributed by atoms with Crippen LogP contribution in [0.5, 0.6) is 0 Å². The van der Waals surface area contributed by atoms with Crippen LogP contribution in [0.25, 0.3) is 11.3 Å². The molecule has 0 aliphatic rings. The number of hydrogen-bond donors (Lipinski definition) is 3. The molecular weight excluding hydrogens is 416 g/mol. The number of hydrogen-bond acceptors (Lipinski definition) is 7. The molecule has 0 spiro atoms. The summed E-state index contributed by atoms with van der Waals surface area (Å²) in [5, 5.41) is 2.66. The highest BCUT2D eigenvalue weighted by molar-refractivity contribution is 7.89. The number of rotatable bonds is 8. The van der Waals surface area contributed by atoms with E-state index in [1.54, 1.807) is 30.5 Å². The lowest BCUT2D eigenvalue weighted by molar-refractivity contribution is 0.102. The van der Waals surface area contributed by atoms with Gasteiger partial charge in [-0.25, -0.2) is 23.1 Å². The maximum Gasteiger partial charge on any atom is 0.278 e. The van der Waals surface area contributed by atoms with Gasteiger partial charge in [0.05, 0.1) is 28.7 Å². The molecule has 0 bridgehead atoms. The third-order valence-electron chi connectivity index (χ3n) is 4.41. The number of sulfonamides is 1. The highest BCUT2D eigenvalue weighted by atomic mass is 32.2. The van der Waals surface area contributed by atoms with Crippen molar-refractivity contribution < 1.29 is 13.2 Å². The van der Waals surface area contributed by atoms with Gasteiger partial charge in [0.2, 0.25) is 10.0 Å². The number of amides is 1. The predicted octanol–water partition coefficient (Wildman–Crippen LogP) is 2.70. The quantitative estimate of drug-likeness (QED) is 0.489. The van der Waals surface area contributed by atoms with Crippen molar-refractivity contribution in [1.29, 1.82) is 0 Å². The van der Waals surface area contributed by atoms with Gasteiger partial charge in [0.1, 0.15) is 0 Å². The Labute approximate surface area is 181 Å². The molecule has 1 aromatic carbocycles. The average Bonchev–Trinajstić information content (AvgIpc) is 2.74. The lowest BCUT2D eigenvalue weighted by Gasteiger charge is -2.10. The summed E-state index contributed by atoms with van der Waals surface area (Å²) in [5.41, 5.74) is 7.29. The van der Waals surface area contributed by atoms with Crippen molar-refractivity contribution in [3.8, 4) is 11.3 Å². The van der Waals surface area contributed by atoms with E-state index < -0.39 is 15.9 Å². The van der Waals surface area contributed by atoms with Gasteiger partial charge in [-0.2, -0.15) is 0 Å². The molecule has 10 heteroatoms. The summed E-state index contributed by atoms with van der Waals surface area (Å²) in [5.74, 6) is -0.134. The third kappa shape index (κ3) is 5.83. The standard InChI is InChI=1S/C21H24N6O3S/c1-14(2)9-11-25-31(29,30)17-7-5-15(6-8-17)18-13-24-20(22)19(27-18)21(28)26-16-4-3-10-23-12-16/h3-8,10,12-14,25H,9,11H2,1-2H3,(H2,22,24)(H,26,28). The molecule has 4 N–H and O–H groups in total. The van der Waals surface area contributed by atoms with Crippen LogP contribution in [0.4, 0.5) is 11.5 Å². The SMILES string of the molecule is CC(C)CCNS(=O)(=O)c1ccc(-c2cnc(N)c(C(=O)Nc3cccnc3)n2)cc1. The lowest BCUT2D eigenvalue weighted by atomic mass is 10.1. The maximum atomic E-state index is 12.5. The minimum absolute atomic E-state index is 0.0151. The van der Waals surface area contributed by atoms with E-state index in [0.29, 0.717) is 29.4 Å². The molecule has 0 radical (unpaired) electrons. The van der Waals surface area contributed by atoms with Crippen LogP contribution in [-0.2, 0) is 10.0 Å². The molecule has 2 aromatic heterocycles. The van der Waals surface area contributed by atoms with E-state index in [9.17, 15) is 13.2 Å². The van der Waals surface area contributed by atoms with Crippen LogP contribution in [0.3, 0.4) is 0 Å². The fraction of sp³-hybridized carbons (Fsp3) is 0.238. The van der Waals surface area contributed by atoms with E-state index in [1.165, 1.54) is 24.5 Å². The van der Waals surface area contributed by atoms with Gasteiger partial charge in [-0.15, -0.1) is 0 Å². The maximum absolute atomic E-state index is 12.5. The molecule has 9 nitrogen and oxygen atoms in total. The second-order valence-electron chi connectivity index (χ2n) is 7.29. The Morgan fingerprint density at radius 3 is 2.52 bits per heavy atom. The van der Waals surface area contributed by atoms with Crippen molar-refractivity contribution in [3.05, 3.63) is 60.7 Å². The molecule has 0 saturated carbocycles. The number of nitrogens with one attached hydrogen (secondary N) is 2. The number of anilines is 2. The van der Waals surface area contributed by atoms with E-state index in [-0.39, 0.29) is 16.4 Å². The highest BCUT2D eigenvalue weighted by Gasteiger charge is 2.17. The van der Waals surface area contributed by atoms with Crippen LogP contribution in [-0.4, -0.2) is 35.8 Å². The van der Waals surface area contributed by atoms with Gasteiger partial charge >= 0.3 is 0 Å². The zero-order valence-electron chi connectivity index (χ0n) is 17.2. The summed E-state index contributed by atoms with van der Waals surface area (Å²) >= 11 is 0. The number of carbonyl (C=O) groups excluding carboxylic acids is 1. The number of benzene rings is 1. The monoisotopic (exact) mass is 440 g/mol. The molecule has 1 amide bonds. The zero-order chi connectivity index (χ0) is 22.4. The number of nitrogens with two attached hydrogens (primary N) is 1. The van der Waals surface area contributed by atoms with Crippen molar-refractivity contribution in [2.45, 2.75) is 25.2 Å². The molecular formula is C21H24N6O3S. The lowest BCUT2D eigenvalue weighted by Crippen LogP contribution is -2.25. The second kappa shape index (κ2) is 9.63. The predicted molar refractivity (Wildman–Crippen MR) is 119 cm³/mol. The van der Waals surface area contributed by atoms with Crippen LogP contribution < -0.4 is 15.8 Å². The molecule has 0 atom stereocenters. The van der Waals surface area contributed by atoms with Crippen LogP contribution >= 0.6 is 0 Å². The molecule has 0 unspecified atom stereocenters. The molecule has 3 rings (SSSR count). The number of aromatic nitrogens is 3. The zero-order valence-corrected chi connectivity index (χ0v) is 18.1. The van der Waals surface area contributed by atoms with Crippen LogP contribution in [0.2, 0.25) is 0 Å². The first-order valence-corrected chi connectivity index (χ1v) is 11.2. The summed E-state index contributed by atoms with van der Waals surface area (Å²) in [6.45, 7) is 4.44. The normalized spacial score (nSPS) is 11.5. The Bertz CT molecular complexity index is 1150. The first kappa shape index (κ1) is 22.3. The minimum Gasteiger partial charge on any atom is -0.382 e. The van der Waals surface area contributed by atoms with Crippen molar-refractivity contribution >= 4 is 27.4 Å². The van der Waals surface area contributed by atoms with E-state index in [0.717, 1.165) is 6.42 Å². The summed E-state index contributed by atoms with van der Waals surface area (Å²) < 4.78 is 27.4. The first-order valence-electron chi connectivity index (χ1n) is 9.70. The number of nitrogen functional groups attached to an aromatic ring is 1. The van der Waals surface area contributed by atoms with E-state index >= 15 is 0 Å². The Morgan fingerprint density at radius 2 is 1.87 bits per heavy atom. The van der Waals surface area contributed by atoms with Gasteiger partial charge in [0, 0.05) is 18.3 Å². The fourth-order valence-electron chi connectivity index (χ4n) is 2.70. The molecule has 0 aliphatic heterocycles. The number of pyridine rings is 1. The Balaban J connectivity index is 1.79. The van der Waals surface area contributed by atoms with Crippen molar-refractivity contribution in [2.24, 2.45) is 5.92 Å². The number of carbonyl (C=O) groups is 1. The smallest absolute Gasteiger partial charge is 0.278 e. The first-order chi connectivity index (χ1) is 14.8. The average molecular weight is 441 g/mol. The van der Waals surface area contributed by atoms with Crippen molar-refractivity contribution in [1.82, 2.24) is 19.7 Å². The summed E-state index contributed by atoms with van der Waals surface area (Å²) in [6, 6.07) is 9.57. The molecule has 0 fully saturated rings. The van der Waals surface area contributed by atoms with Crippen LogP contribution in [0.15, 0.2) is 59.9 Å². The van der Waals surface area contributed by atoms with Gasteiger partial charge < -0.3 is 11.1 Å². The van der Waals surface area contributed by atoms with Gasteiger partial charge in [-0.3, -0.25) is 9.78 Å². The summed E-state index contributed by atoms with van der Waals surface area (Å²) in [7, 11) is -3.59. The van der Waals surface area contributed by atoms with E-state index in [2.05, 4.69) is 25.0 Å². The van der Waals surface area contributed by atoms with Gasteiger partial charge in [0.15, 0.2) is 11.5 Å². The highest BCUT2D eigenvalue weighted by Crippen LogP contribution is 2.21. The van der Waals surface area contributed by atoms with Crippen molar-refractivity contribution in [3.63, 3.8) is 0 Å². The molecule has 0 aliphatic carbocycles. The van der Waals surface area contributed by atoms with Crippen LogP contribution in [0.1, 0.15) is 30.8 Å². The number of nitrogens with zero attached hydrogens (tertiary/aromatic N) is 3. The Hall–Kier alpha value is -3.37. The van der Waals surface area contributed by atoms with Crippen LogP contribution in [0, 0.1) is 5.92 Å². The molecule has 2 heterocycles. The third-order valence-corrected chi connectivity index (χ3v) is 5.89. The molecule has 162 valence electrons. The topological polar surface area (TPSA) is 140 Å². The van der Waals surface area contributed by atoms with Gasteiger partial charge in [-0.05, 0) is 36.6 Å². The second-order valence-corrected chi connectivity index (χ2v) is 9.06. The summed E-state index contributed by atoms with van der Waals surface area (Å²) in [4.78, 5) is 25.0. The molecule has 31 heavy (non-hydrogen) atoms. The largest absolute Gasteiger partial charge is 0.382 e. The Kier molecular flexibility index (Phi) is 6.93. The van der Waals surface area contributed by atoms with Crippen molar-refractivity contribution in [2.75, 3.05) is 17.6 Å². The van der Waals surface area contributed by atoms with E-state index in [4.69, 9.17) is 5.73 Å². The van der Waals surface area contributed by atoms with Gasteiger partial charge in [0.25, 0.3) is 5.91 Å². The minimum atomic E-state index is -3.59. The molecule has 3 aromatic rings. The van der Waals surface area contributed by atoms with E-state index in [1.807, 2.05) is 13.8 Å². The summed E-state index contributed by atoms with van der Waals surface area (Å²) in [6.07, 6.45) is 5.27. The fourth-order valence-corrected chi connectivity index (χ4v) is 3.75.